The van der Waals surface area contributed by atoms with Crippen molar-refractivity contribution in [2.24, 2.45) is 0 Å². The van der Waals surface area contributed by atoms with E-state index in [1.807, 2.05) is 53.4 Å². The maximum absolute atomic E-state index is 13.7. The predicted octanol–water partition coefficient (Wildman–Crippen LogP) is 4.51. The number of rotatable bonds is 5. The Balaban J connectivity index is 1.59. The molecule has 3 aromatic rings. The van der Waals surface area contributed by atoms with E-state index < -0.39 is 12.0 Å². The molecule has 3 aromatic carbocycles. The zero-order valence-corrected chi connectivity index (χ0v) is 19.8. The first-order valence-corrected chi connectivity index (χ1v) is 11.6. The van der Waals surface area contributed by atoms with Gasteiger partial charge in [-0.3, -0.25) is 9.59 Å². The van der Waals surface area contributed by atoms with Crippen LogP contribution in [0.5, 0.6) is 11.5 Å². The number of carbonyl (C=O) groups is 2. The maximum Gasteiger partial charge on any atom is 0.254 e. The molecule has 174 valence electrons. The van der Waals surface area contributed by atoms with Crippen LogP contribution in [0.1, 0.15) is 44.6 Å². The molecular weight excluding hydrogens is 452 g/mol. The lowest BCUT2D eigenvalue weighted by atomic mass is 9.75. The Kier molecular flexibility index (Phi) is 5.92. The highest BCUT2D eigenvalue weighted by atomic mass is 35.5. The van der Waals surface area contributed by atoms with Crippen molar-refractivity contribution in [3.05, 3.63) is 93.5 Å². The molecule has 7 heteroatoms. The molecule has 0 spiro atoms. The first-order valence-electron chi connectivity index (χ1n) is 11.2. The lowest BCUT2D eigenvalue weighted by Gasteiger charge is -2.45. The Morgan fingerprint density at radius 3 is 2.50 bits per heavy atom. The highest BCUT2D eigenvalue weighted by Crippen LogP contribution is 2.48. The number of ether oxygens (including phenoxy) is 2. The van der Waals surface area contributed by atoms with Gasteiger partial charge in [0, 0.05) is 23.7 Å². The van der Waals surface area contributed by atoms with Gasteiger partial charge in [-0.05, 0) is 52.9 Å². The van der Waals surface area contributed by atoms with Crippen molar-refractivity contribution in [3.63, 3.8) is 0 Å². The molecule has 2 unspecified atom stereocenters. The molecule has 1 N–H and O–H groups in total. The molecular formula is C27H25ClN2O4. The Morgan fingerprint density at radius 1 is 1.03 bits per heavy atom. The third kappa shape index (κ3) is 3.68. The Labute approximate surface area is 203 Å². The second-order valence-electron chi connectivity index (χ2n) is 8.47. The third-order valence-corrected chi connectivity index (χ3v) is 7.09. The smallest absolute Gasteiger partial charge is 0.254 e. The molecule has 2 heterocycles. The van der Waals surface area contributed by atoms with Crippen LogP contribution in [0.3, 0.4) is 0 Å². The largest absolute Gasteiger partial charge is 0.493 e. The molecule has 5 rings (SSSR count). The van der Waals surface area contributed by atoms with Crippen LogP contribution in [0, 0.1) is 0 Å². The first kappa shape index (κ1) is 22.3. The third-order valence-electron chi connectivity index (χ3n) is 6.72. The quantitative estimate of drug-likeness (QED) is 0.588. The predicted molar refractivity (Wildman–Crippen MR) is 130 cm³/mol. The van der Waals surface area contributed by atoms with Gasteiger partial charge in [-0.25, -0.2) is 0 Å². The van der Waals surface area contributed by atoms with Crippen LogP contribution in [-0.2, 0) is 17.8 Å². The van der Waals surface area contributed by atoms with Gasteiger partial charge >= 0.3 is 0 Å². The number of benzene rings is 3. The molecule has 0 aromatic heterocycles. The van der Waals surface area contributed by atoms with Crippen LogP contribution in [0.4, 0.5) is 0 Å². The Morgan fingerprint density at radius 2 is 1.74 bits per heavy atom. The normalized spacial score (nSPS) is 18.4. The van der Waals surface area contributed by atoms with E-state index in [0.717, 1.165) is 22.3 Å². The summed E-state index contributed by atoms with van der Waals surface area (Å²) >= 11 is 6.30. The molecule has 0 aliphatic carbocycles. The number of fused-ring (bicyclic) bond motifs is 4. The van der Waals surface area contributed by atoms with Crippen molar-refractivity contribution in [3.8, 4) is 11.5 Å². The standard InChI is InChI=1S/C27H25ClN2O4/c1-33-22-13-16-11-12-30-25(20(16)14-23(22)34-2)24(18-8-4-5-9-19(18)27(30)32)26(31)29-15-17-7-3-6-10-21(17)28/h3-10,13-14,24-25H,11-12,15H2,1-2H3,(H,29,31). The number of hydrogen-bond donors (Lipinski definition) is 1. The van der Waals surface area contributed by atoms with Crippen LogP contribution in [0.15, 0.2) is 60.7 Å². The van der Waals surface area contributed by atoms with E-state index in [1.165, 1.54) is 0 Å². The van der Waals surface area contributed by atoms with Crippen molar-refractivity contribution >= 4 is 23.4 Å². The van der Waals surface area contributed by atoms with E-state index in [0.29, 0.717) is 41.6 Å². The number of nitrogens with one attached hydrogen (secondary N) is 1. The minimum atomic E-state index is -0.575. The summed E-state index contributed by atoms with van der Waals surface area (Å²) in [6, 6.07) is 18.2. The monoisotopic (exact) mass is 476 g/mol. The molecule has 2 amide bonds. The number of carbonyl (C=O) groups excluding carboxylic acids is 2. The van der Waals surface area contributed by atoms with E-state index in [-0.39, 0.29) is 11.8 Å². The summed E-state index contributed by atoms with van der Waals surface area (Å²) in [6.07, 6.45) is 0.675. The Bertz CT molecular complexity index is 1280. The molecule has 0 saturated heterocycles. The summed E-state index contributed by atoms with van der Waals surface area (Å²) in [7, 11) is 3.19. The average Bonchev–Trinajstić information content (AvgIpc) is 2.87. The maximum atomic E-state index is 13.7. The number of halogens is 1. The highest BCUT2D eigenvalue weighted by molar-refractivity contribution is 6.31. The van der Waals surface area contributed by atoms with Crippen LogP contribution in [0.25, 0.3) is 0 Å². The van der Waals surface area contributed by atoms with Gasteiger partial charge in [0.05, 0.1) is 26.2 Å². The number of nitrogens with zero attached hydrogens (tertiary/aromatic N) is 1. The number of hydrogen-bond acceptors (Lipinski definition) is 4. The molecule has 0 saturated carbocycles. The number of amides is 2. The minimum absolute atomic E-state index is 0.0591. The molecule has 0 bridgehead atoms. The van der Waals surface area contributed by atoms with Crippen molar-refractivity contribution in [2.45, 2.75) is 24.9 Å². The van der Waals surface area contributed by atoms with Gasteiger partial charge in [-0.15, -0.1) is 0 Å². The molecule has 2 aliphatic heterocycles. The lowest BCUT2D eigenvalue weighted by Crippen LogP contribution is -2.50. The summed E-state index contributed by atoms with van der Waals surface area (Å²) in [4.78, 5) is 29.0. The summed E-state index contributed by atoms with van der Waals surface area (Å²) in [5, 5.41) is 3.66. The molecule has 34 heavy (non-hydrogen) atoms. The van der Waals surface area contributed by atoms with Gasteiger partial charge in [0.2, 0.25) is 5.91 Å². The van der Waals surface area contributed by atoms with Crippen LogP contribution in [0.2, 0.25) is 5.02 Å². The van der Waals surface area contributed by atoms with E-state index >= 15 is 0 Å². The van der Waals surface area contributed by atoms with Crippen molar-refractivity contribution in [1.29, 1.82) is 0 Å². The van der Waals surface area contributed by atoms with Crippen LogP contribution in [-0.4, -0.2) is 37.5 Å². The molecule has 6 nitrogen and oxygen atoms in total. The number of methoxy groups -OCH3 is 2. The van der Waals surface area contributed by atoms with E-state index in [2.05, 4.69) is 5.32 Å². The van der Waals surface area contributed by atoms with Gasteiger partial charge < -0.3 is 19.7 Å². The van der Waals surface area contributed by atoms with Crippen molar-refractivity contribution in [2.75, 3.05) is 20.8 Å². The molecule has 0 fully saturated rings. The minimum Gasteiger partial charge on any atom is -0.493 e. The van der Waals surface area contributed by atoms with E-state index in [9.17, 15) is 9.59 Å². The zero-order chi connectivity index (χ0) is 23.8. The first-order chi connectivity index (χ1) is 16.5. The molecule has 2 atom stereocenters. The highest BCUT2D eigenvalue weighted by Gasteiger charge is 2.46. The topological polar surface area (TPSA) is 67.9 Å². The van der Waals surface area contributed by atoms with Crippen molar-refractivity contribution in [1.82, 2.24) is 10.2 Å². The fourth-order valence-corrected chi connectivity index (χ4v) is 5.27. The van der Waals surface area contributed by atoms with Crippen LogP contribution < -0.4 is 14.8 Å². The summed E-state index contributed by atoms with van der Waals surface area (Å²) < 4.78 is 11.0. The van der Waals surface area contributed by atoms with Gasteiger partial charge in [-0.1, -0.05) is 48.0 Å². The summed E-state index contributed by atoms with van der Waals surface area (Å²) in [5.41, 5.74) is 4.10. The average molecular weight is 477 g/mol. The molecule has 2 aliphatic rings. The Hall–Kier alpha value is -3.51. The van der Waals surface area contributed by atoms with Gasteiger partial charge in [0.1, 0.15) is 0 Å². The fraction of sp³-hybridized carbons (Fsp3) is 0.259. The van der Waals surface area contributed by atoms with E-state index in [1.54, 1.807) is 26.4 Å². The summed E-state index contributed by atoms with van der Waals surface area (Å²) in [5.74, 6) is 0.420. The van der Waals surface area contributed by atoms with Gasteiger partial charge in [-0.2, -0.15) is 0 Å². The van der Waals surface area contributed by atoms with E-state index in [4.69, 9.17) is 21.1 Å². The second-order valence-corrected chi connectivity index (χ2v) is 8.88. The molecule has 0 radical (unpaired) electrons. The van der Waals surface area contributed by atoms with Crippen LogP contribution >= 0.6 is 11.6 Å². The summed E-state index contributed by atoms with van der Waals surface area (Å²) in [6.45, 7) is 0.825. The fourth-order valence-electron chi connectivity index (χ4n) is 5.07. The zero-order valence-electron chi connectivity index (χ0n) is 19.0. The van der Waals surface area contributed by atoms with Gasteiger partial charge in [0.15, 0.2) is 11.5 Å². The van der Waals surface area contributed by atoms with Gasteiger partial charge in [0.25, 0.3) is 5.91 Å². The van der Waals surface area contributed by atoms with Crippen molar-refractivity contribution < 1.29 is 19.1 Å². The second kappa shape index (κ2) is 9.03. The SMILES string of the molecule is COc1cc2c(cc1OC)C1C(C(=O)NCc3ccccc3Cl)c3ccccc3C(=O)N1CC2. The lowest BCUT2D eigenvalue weighted by molar-refractivity contribution is -0.124.